The Bertz CT molecular complexity index is 625. The zero-order valence-corrected chi connectivity index (χ0v) is 14.1. The summed E-state index contributed by atoms with van der Waals surface area (Å²) < 4.78 is 42.5. The fourth-order valence-electron chi connectivity index (χ4n) is 2.02. The van der Waals surface area contributed by atoms with Gasteiger partial charge in [0.2, 0.25) is 0 Å². The molecule has 2 rings (SSSR count). The summed E-state index contributed by atoms with van der Waals surface area (Å²) in [6, 6.07) is 6.14. The SMILES string of the molecule is CNC(c1cc(Br)ccc1I)c1c(F)cc(F)cc1F. The minimum atomic E-state index is -0.928. The third kappa shape index (κ3) is 3.17. The van der Waals surface area contributed by atoms with Crippen molar-refractivity contribution in [2.24, 2.45) is 0 Å². The molecule has 0 aliphatic carbocycles. The summed E-state index contributed by atoms with van der Waals surface area (Å²) in [4.78, 5) is 0. The lowest BCUT2D eigenvalue weighted by atomic mass is 9.98. The van der Waals surface area contributed by atoms with Gasteiger partial charge in [0.15, 0.2) is 0 Å². The standard InChI is InChI=1S/C14H10BrF3IN/c1-20-14(9-4-7(15)2-3-12(9)19)13-10(17)5-8(16)6-11(13)18/h2-6,14,20H,1H3. The molecule has 20 heavy (non-hydrogen) atoms. The van der Waals surface area contributed by atoms with Gasteiger partial charge in [-0.05, 0) is 53.4 Å². The first-order chi connectivity index (χ1) is 9.43. The quantitative estimate of drug-likeness (QED) is 0.657. The minimum absolute atomic E-state index is 0.190. The third-order valence-electron chi connectivity index (χ3n) is 2.89. The van der Waals surface area contributed by atoms with Crippen molar-refractivity contribution in [2.75, 3.05) is 7.05 Å². The number of rotatable bonds is 3. The molecule has 6 heteroatoms. The van der Waals surface area contributed by atoms with Crippen molar-refractivity contribution in [2.45, 2.75) is 6.04 Å². The van der Waals surface area contributed by atoms with Crippen LogP contribution in [0.15, 0.2) is 34.8 Å². The van der Waals surface area contributed by atoms with Gasteiger partial charge in [-0.3, -0.25) is 0 Å². The van der Waals surface area contributed by atoms with Gasteiger partial charge >= 0.3 is 0 Å². The molecular formula is C14H10BrF3IN. The zero-order chi connectivity index (χ0) is 14.9. The van der Waals surface area contributed by atoms with Crippen LogP contribution in [0.4, 0.5) is 13.2 Å². The topological polar surface area (TPSA) is 12.0 Å². The molecule has 2 aromatic rings. The third-order valence-corrected chi connectivity index (χ3v) is 4.37. The van der Waals surface area contributed by atoms with Crippen molar-refractivity contribution in [1.29, 1.82) is 0 Å². The van der Waals surface area contributed by atoms with Crippen LogP contribution in [0.5, 0.6) is 0 Å². The molecule has 1 nitrogen and oxygen atoms in total. The highest BCUT2D eigenvalue weighted by Gasteiger charge is 2.23. The lowest BCUT2D eigenvalue weighted by Gasteiger charge is -2.20. The second kappa shape index (κ2) is 6.44. The monoisotopic (exact) mass is 455 g/mol. The first-order valence-electron chi connectivity index (χ1n) is 5.70. The van der Waals surface area contributed by atoms with E-state index in [9.17, 15) is 13.2 Å². The molecule has 0 saturated carbocycles. The molecular weight excluding hydrogens is 446 g/mol. The van der Waals surface area contributed by atoms with Gasteiger partial charge in [-0.25, -0.2) is 13.2 Å². The average Bonchev–Trinajstić information content (AvgIpc) is 2.37. The van der Waals surface area contributed by atoms with E-state index in [0.717, 1.165) is 8.04 Å². The summed E-state index contributed by atoms with van der Waals surface area (Å²) in [5, 5.41) is 2.88. The molecule has 0 radical (unpaired) electrons. The lowest BCUT2D eigenvalue weighted by Crippen LogP contribution is -2.21. The number of benzene rings is 2. The van der Waals surface area contributed by atoms with Crippen molar-refractivity contribution >= 4 is 38.5 Å². The van der Waals surface area contributed by atoms with E-state index in [0.29, 0.717) is 17.7 Å². The molecule has 2 aromatic carbocycles. The Morgan fingerprint density at radius 2 is 1.70 bits per heavy atom. The van der Waals surface area contributed by atoms with E-state index in [1.165, 1.54) is 0 Å². The molecule has 1 unspecified atom stereocenters. The Labute approximate surface area is 136 Å². The van der Waals surface area contributed by atoms with E-state index >= 15 is 0 Å². The summed E-state index contributed by atoms with van der Waals surface area (Å²) >= 11 is 5.43. The summed E-state index contributed by atoms with van der Waals surface area (Å²) in [5.41, 5.74) is 0.525. The first kappa shape index (κ1) is 15.8. The Morgan fingerprint density at radius 3 is 2.25 bits per heavy atom. The molecule has 0 bridgehead atoms. The van der Waals surface area contributed by atoms with Crippen LogP contribution in [-0.2, 0) is 0 Å². The van der Waals surface area contributed by atoms with Crippen molar-refractivity contribution in [3.8, 4) is 0 Å². The smallest absolute Gasteiger partial charge is 0.134 e. The van der Waals surface area contributed by atoms with Gasteiger partial charge in [0.1, 0.15) is 17.5 Å². The summed E-state index contributed by atoms with van der Waals surface area (Å²) in [6.07, 6.45) is 0. The van der Waals surface area contributed by atoms with Gasteiger partial charge in [-0.1, -0.05) is 15.9 Å². The maximum Gasteiger partial charge on any atom is 0.134 e. The maximum atomic E-state index is 13.9. The minimum Gasteiger partial charge on any atom is -0.309 e. The lowest BCUT2D eigenvalue weighted by molar-refractivity contribution is 0.499. The Hall–Kier alpha value is -0.600. The maximum absolute atomic E-state index is 13.9. The number of hydrogen-bond acceptors (Lipinski definition) is 1. The number of hydrogen-bond donors (Lipinski definition) is 1. The van der Waals surface area contributed by atoms with Crippen molar-refractivity contribution in [3.63, 3.8) is 0 Å². The molecule has 106 valence electrons. The van der Waals surface area contributed by atoms with Crippen LogP contribution in [0.25, 0.3) is 0 Å². The zero-order valence-electron chi connectivity index (χ0n) is 10.4. The molecule has 0 spiro atoms. The van der Waals surface area contributed by atoms with Gasteiger partial charge in [0.05, 0.1) is 6.04 Å². The number of nitrogens with one attached hydrogen (secondary N) is 1. The fourth-order valence-corrected chi connectivity index (χ4v) is 3.05. The van der Waals surface area contributed by atoms with Gasteiger partial charge in [-0.2, -0.15) is 0 Å². The van der Waals surface area contributed by atoms with Crippen LogP contribution in [0.2, 0.25) is 0 Å². The fraction of sp³-hybridized carbons (Fsp3) is 0.143. The van der Waals surface area contributed by atoms with Gasteiger partial charge in [0.25, 0.3) is 0 Å². The highest BCUT2D eigenvalue weighted by Crippen LogP contribution is 2.31. The van der Waals surface area contributed by atoms with Gasteiger partial charge in [-0.15, -0.1) is 0 Å². The van der Waals surface area contributed by atoms with E-state index in [1.54, 1.807) is 13.1 Å². The highest BCUT2D eigenvalue weighted by atomic mass is 127. The highest BCUT2D eigenvalue weighted by molar-refractivity contribution is 14.1. The number of halogens is 5. The molecule has 0 aromatic heterocycles. The molecule has 0 fully saturated rings. The molecule has 0 aliphatic heterocycles. The predicted molar refractivity (Wildman–Crippen MR) is 84.1 cm³/mol. The van der Waals surface area contributed by atoms with E-state index < -0.39 is 23.5 Å². The van der Waals surface area contributed by atoms with Crippen LogP contribution in [0.1, 0.15) is 17.2 Å². The Balaban J connectivity index is 2.61. The second-order valence-electron chi connectivity index (χ2n) is 4.17. The summed E-state index contributed by atoms with van der Waals surface area (Å²) in [7, 11) is 1.60. The van der Waals surface area contributed by atoms with Gasteiger partial charge < -0.3 is 5.32 Å². The Morgan fingerprint density at radius 1 is 1.10 bits per heavy atom. The van der Waals surface area contributed by atoms with Gasteiger partial charge in [0, 0.05) is 25.7 Å². The van der Waals surface area contributed by atoms with E-state index in [-0.39, 0.29) is 5.56 Å². The molecule has 0 heterocycles. The second-order valence-corrected chi connectivity index (χ2v) is 6.25. The summed E-state index contributed by atoms with van der Waals surface area (Å²) in [5.74, 6) is -2.74. The van der Waals surface area contributed by atoms with Crippen LogP contribution in [0, 0.1) is 21.0 Å². The predicted octanol–water partition coefficient (Wildman–Crippen LogP) is 4.78. The Kier molecular flexibility index (Phi) is 5.09. The summed E-state index contributed by atoms with van der Waals surface area (Å²) in [6.45, 7) is 0. The largest absolute Gasteiger partial charge is 0.309 e. The van der Waals surface area contributed by atoms with Crippen molar-refractivity contribution in [1.82, 2.24) is 5.32 Å². The van der Waals surface area contributed by atoms with Crippen LogP contribution >= 0.6 is 38.5 Å². The van der Waals surface area contributed by atoms with Crippen LogP contribution in [0.3, 0.4) is 0 Å². The molecule has 0 saturated heterocycles. The normalized spacial score (nSPS) is 12.5. The first-order valence-corrected chi connectivity index (χ1v) is 7.58. The molecule has 0 amide bonds. The van der Waals surface area contributed by atoms with E-state index in [4.69, 9.17) is 0 Å². The van der Waals surface area contributed by atoms with E-state index in [1.807, 2.05) is 12.1 Å². The van der Waals surface area contributed by atoms with Crippen molar-refractivity contribution in [3.05, 3.63) is 67.0 Å². The molecule has 1 atom stereocenters. The molecule has 1 N–H and O–H groups in total. The van der Waals surface area contributed by atoms with E-state index in [2.05, 4.69) is 43.8 Å². The van der Waals surface area contributed by atoms with Crippen molar-refractivity contribution < 1.29 is 13.2 Å². The van der Waals surface area contributed by atoms with Crippen LogP contribution in [-0.4, -0.2) is 7.05 Å². The molecule has 0 aliphatic rings. The van der Waals surface area contributed by atoms with Crippen LogP contribution < -0.4 is 5.32 Å². The average molecular weight is 456 g/mol.